The fraction of sp³-hybridized carbons (Fsp3) is 0.0370. The molecule has 0 bridgehead atoms. The Hall–Kier alpha value is -4.37. The highest BCUT2D eigenvalue weighted by Gasteiger charge is 2.23. The number of carbonyl (C=O) groups is 1. The monoisotopic (exact) mass is 503 g/mol. The molecule has 3 aromatic carbocycles. The second-order valence-electron chi connectivity index (χ2n) is 8.05. The van der Waals surface area contributed by atoms with Crippen molar-refractivity contribution in [2.24, 2.45) is 0 Å². The van der Waals surface area contributed by atoms with Crippen molar-refractivity contribution >= 4 is 26.8 Å². The van der Waals surface area contributed by atoms with Crippen LogP contribution in [0.5, 0.6) is 0 Å². The van der Waals surface area contributed by atoms with Crippen molar-refractivity contribution < 1.29 is 22.0 Å². The van der Waals surface area contributed by atoms with Gasteiger partial charge in [-0.25, -0.2) is 21.2 Å². The number of amides is 1. The van der Waals surface area contributed by atoms with E-state index < -0.39 is 21.7 Å². The fourth-order valence-corrected chi connectivity index (χ4v) is 5.31. The van der Waals surface area contributed by atoms with Gasteiger partial charge < -0.3 is 5.32 Å². The molecule has 5 aromatic rings. The highest BCUT2D eigenvalue weighted by Crippen LogP contribution is 2.34. The summed E-state index contributed by atoms with van der Waals surface area (Å²) in [6, 6.07) is 19.6. The smallest absolute Gasteiger partial charge is 0.268 e. The fourth-order valence-electron chi connectivity index (χ4n) is 3.94. The van der Waals surface area contributed by atoms with Crippen LogP contribution in [0.4, 0.5) is 8.78 Å². The number of hydrogen-bond acceptors (Lipinski definition) is 4. The van der Waals surface area contributed by atoms with E-state index in [4.69, 9.17) is 0 Å². The van der Waals surface area contributed by atoms with Crippen molar-refractivity contribution in [3.05, 3.63) is 120 Å². The number of fused-ring (bicyclic) bond motifs is 1. The number of hydrogen-bond donors (Lipinski definition) is 1. The van der Waals surface area contributed by atoms with Crippen molar-refractivity contribution in [3.8, 4) is 11.1 Å². The zero-order valence-corrected chi connectivity index (χ0v) is 19.5. The molecule has 0 unspecified atom stereocenters. The van der Waals surface area contributed by atoms with Crippen molar-refractivity contribution in [2.45, 2.75) is 11.4 Å². The van der Waals surface area contributed by atoms with E-state index in [0.29, 0.717) is 16.5 Å². The van der Waals surface area contributed by atoms with Crippen LogP contribution in [0.1, 0.15) is 15.9 Å². The number of nitrogens with zero attached hydrogens (tertiary/aromatic N) is 2. The number of pyridine rings is 1. The predicted octanol–water partition coefficient (Wildman–Crippen LogP) is 5.15. The number of nitrogens with one attached hydrogen (secondary N) is 1. The third-order valence-corrected chi connectivity index (χ3v) is 7.47. The third-order valence-electron chi connectivity index (χ3n) is 5.78. The summed E-state index contributed by atoms with van der Waals surface area (Å²) < 4.78 is 55.7. The van der Waals surface area contributed by atoms with Gasteiger partial charge in [0.2, 0.25) is 0 Å². The predicted molar refractivity (Wildman–Crippen MR) is 132 cm³/mol. The molecule has 1 N–H and O–H groups in total. The van der Waals surface area contributed by atoms with Gasteiger partial charge in [-0.1, -0.05) is 30.3 Å². The highest BCUT2D eigenvalue weighted by molar-refractivity contribution is 7.90. The minimum atomic E-state index is -4.06. The van der Waals surface area contributed by atoms with Crippen LogP contribution < -0.4 is 5.32 Å². The molecule has 6 nitrogen and oxygen atoms in total. The van der Waals surface area contributed by atoms with Crippen LogP contribution in [0.2, 0.25) is 0 Å². The van der Waals surface area contributed by atoms with E-state index >= 15 is 0 Å². The molecule has 2 aromatic heterocycles. The summed E-state index contributed by atoms with van der Waals surface area (Å²) in [6.45, 7) is 0.197. The average Bonchev–Trinajstić information content (AvgIpc) is 3.29. The van der Waals surface area contributed by atoms with Gasteiger partial charge in [-0.05, 0) is 54.1 Å². The third kappa shape index (κ3) is 4.36. The normalized spacial score (nSPS) is 11.5. The minimum absolute atomic E-state index is 0.0277. The van der Waals surface area contributed by atoms with Gasteiger partial charge in [0, 0.05) is 41.0 Å². The summed E-state index contributed by atoms with van der Waals surface area (Å²) in [5, 5.41) is 3.29. The lowest BCUT2D eigenvalue weighted by molar-refractivity contribution is 0.0951. The summed E-state index contributed by atoms with van der Waals surface area (Å²) in [5.74, 6) is -1.32. The molecule has 0 saturated carbocycles. The Labute approximate surface area is 205 Å². The molecule has 0 aliphatic rings. The number of rotatable bonds is 6. The zero-order valence-electron chi connectivity index (χ0n) is 18.7. The van der Waals surface area contributed by atoms with Gasteiger partial charge in [0.15, 0.2) is 0 Å². The molecule has 0 aliphatic carbocycles. The van der Waals surface area contributed by atoms with E-state index in [1.807, 2.05) is 0 Å². The van der Waals surface area contributed by atoms with Gasteiger partial charge in [-0.3, -0.25) is 9.78 Å². The average molecular weight is 504 g/mol. The van der Waals surface area contributed by atoms with Gasteiger partial charge in [0.05, 0.1) is 16.6 Å². The topological polar surface area (TPSA) is 81.1 Å². The first-order valence-electron chi connectivity index (χ1n) is 10.9. The van der Waals surface area contributed by atoms with E-state index in [1.165, 1.54) is 54.9 Å². The standard InChI is InChI=1S/C27H19F2N3O3S/c28-20-9-5-18(6-10-20)15-31-27(33)19-7-11-21(12-8-19)36(34,35)32-17-24(22-13-14-30-16-25(22)29)23-3-1-2-4-26(23)32/h1-14,16-17H,15H2,(H,31,33). The molecule has 0 fully saturated rings. The molecule has 2 heterocycles. The van der Waals surface area contributed by atoms with Gasteiger partial charge in [-0.2, -0.15) is 0 Å². The van der Waals surface area contributed by atoms with E-state index in [0.717, 1.165) is 15.7 Å². The number of halogens is 2. The lowest BCUT2D eigenvalue weighted by Crippen LogP contribution is -2.22. The van der Waals surface area contributed by atoms with Crippen LogP contribution in [0, 0.1) is 11.6 Å². The lowest BCUT2D eigenvalue weighted by Gasteiger charge is -2.09. The Morgan fingerprint density at radius 1 is 0.889 bits per heavy atom. The number of carbonyl (C=O) groups excluding carboxylic acids is 1. The summed E-state index contributed by atoms with van der Waals surface area (Å²) in [5.41, 5.74) is 2.05. The van der Waals surface area contributed by atoms with Crippen LogP contribution >= 0.6 is 0 Å². The number of benzene rings is 3. The van der Waals surface area contributed by atoms with Crippen LogP contribution in [0.25, 0.3) is 22.0 Å². The van der Waals surface area contributed by atoms with E-state index in [1.54, 1.807) is 36.4 Å². The maximum Gasteiger partial charge on any atom is 0.268 e. The van der Waals surface area contributed by atoms with E-state index in [2.05, 4.69) is 10.3 Å². The SMILES string of the molecule is O=C(NCc1ccc(F)cc1)c1ccc(S(=O)(=O)n2cc(-c3ccncc3F)c3ccccc32)cc1. The van der Waals surface area contributed by atoms with Crippen molar-refractivity contribution in [3.63, 3.8) is 0 Å². The second-order valence-corrected chi connectivity index (χ2v) is 9.86. The summed E-state index contributed by atoms with van der Waals surface area (Å²) >= 11 is 0. The number of para-hydroxylation sites is 1. The van der Waals surface area contributed by atoms with Gasteiger partial charge >= 0.3 is 0 Å². The van der Waals surface area contributed by atoms with Crippen molar-refractivity contribution in [2.75, 3.05) is 0 Å². The lowest BCUT2D eigenvalue weighted by atomic mass is 10.1. The first-order chi connectivity index (χ1) is 17.3. The van der Waals surface area contributed by atoms with Crippen LogP contribution in [-0.2, 0) is 16.6 Å². The Kier molecular flexibility index (Phi) is 6.07. The first-order valence-corrected chi connectivity index (χ1v) is 12.4. The first kappa shape index (κ1) is 23.4. The maximum atomic E-state index is 14.5. The number of aromatic nitrogens is 2. The largest absolute Gasteiger partial charge is 0.348 e. The molecule has 9 heteroatoms. The van der Waals surface area contributed by atoms with E-state index in [-0.39, 0.29) is 28.4 Å². The van der Waals surface area contributed by atoms with Crippen LogP contribution in [-0.4, -0.2) is 23.3 Å². The maximum absolute atomic E-state index is 14.5. The Balaban J connectivity index is 1.44. The van der Waals surface area contributed by atoms with Gasteiger partial charge in [0.1, 0.15) is 11.6 Å². The van der Waals surface area contributed by atoms with Crippen LogP contribution in [0.3, 0.4) is 0 Å². The Morgan fingerprint density at radius 3 is 2.33 bits per heavy atom. The van der Waals surface area contributed by atoms with E-state index in [9.17, 15) is 22.0 Å². The molecule has 0 aliphatic heterocycles. The minimum Gasteiger partial charge on any atom is -0.348 e. The molecule has 0 atom stereocenters. The highest BCUT2D eigenvalue weighted by atomic mass is 32.2. The van der Waals surface area contributed by atoms with Gasteiger partial charge in [-0.15, -0.1) is 0 Å². The molecule has 36 heavy (non-hydrogen) atoms. The molecule has 180 valence electrons. The second kappa shape index (κ2) is 9.35. The van der Waals surface area contributed by atoms with Crippen LogP contribution in [0.15, 0.2) is 102 Å². The zero-order chi connectivity index (χ0) is 25.3. The summed E-state index contributed by atoms with van der Waals surface area (Å²) in [6.07, 6.45) is 3.91. The molecule has 0 spiro atoms. The quantitative estimate of drug-likeness (QED) is 0.348. The molecule has 1 amide bonds. The van der Waals surface area contributed by atoms with Crippen molar-refractivity contribution in [1.82, 2.24) is 14.3 Å². The molecule has 0 saturated heterocycles. The summed E-state index contributed by atoms with van der Waals surface area (Å²) in [4.78, 5) is 16.2. The Bertz CT molecular complexity index is 1680. The van der Waals surface area contributed by atoms with Crippen molar-refractivity contribution in [1.29, 1.82) is 0 Å². The molecule has 5 rings (SSSR count). The Morgan fingerprint density at radius 2 is 1.61 bits per heavy atom. The molecule has 0 radical (unpaired) electrons. The molecular formula is C27H19F2N3O3S. The van der Waals surface area contributed by atoms with Gasteiger partial charge in [0.25, 0.3) is 15.9 Å². The molecular weight excluding hydrogens is 484 g/mol. The summed E-state index contributed by atoms with van der Waals surface area (Å²) in [7, 11) is -4.06.